The second-order valence-electron chi connectivity index (χ2n) is 7.07. The molecule has 6 nitrogen and oxygen atoms in total. The molecule has 0 aliphatic carbocycles. The molecule has 2 aromatic rings. The van der Waals surface area contributed by atoms with Gasteiger partial charge < -0.3 is 9.47 Å². The van der Waals surface area contributed by atoms with Crippen LogP contribution in [0.5, 0.6) is 11.5 Å². The van der Waals surface area contributed by atoms with Gasteiger partial charge in [0.25, 0.3) is 0 Å². The average Bonchev–Trinajstić information content (AvgIpc) is 2.74. The second kappa shape index (κ2) is 9.43. The van der Waals surface area contributed by atoms with Crippen LogP contribution in [0.25, 0.3) is 6.08 Å². The maximum absolute atomic E-state index is 12.6. The monoisotopic (exact) mass is 416 g/mol. The molecule has 0 atom stereocenters. The predicted octanol–water partition coefficient (Wildman–Crippen LogP) is 3.13. The van der Waals surface area contributed by atoms with E-state index in [-0.39, 0.29) is 0 Å². The highest BCUT2D eigenvalue weighted by molar-refractivity contribution is 7.92. The van der Waals surface area contributed by atoms with E-state index in [0.29, 0.717) is 31.9 Å². The van der Waals surface area contributed by atoms with Gasteiger partial charge in [-0.25, -0.2) is 8.42 Å². The Morgan fingerprint density at radius 1 is 0.966 bits per heavy atom. The van der Waals surface area contributed by atoms with E-state index in [1.165, 1.54) is 5.41 Å². The third kappa shape index (κ3) is 5.38. The van der Waals surface area contributed by atoms with Crippen molar-refractivity contribution in [3.63, 3.8) is 0 Å². The fourth-order valence-corrected chi connectivity index (χ4v) is 4.56. The van der Waals surface area contributed by atoms with Crippen molar-refractivity contribution < 1.29 is 17.9 Å². The lowest BCUT2D eigenvalue weighted by Crippen LogP contribution is -2.47. The summed E-state index contributed by atoms with van der Waals surface area (Å²) >= 11 is 0. The van der Waals surface area contributed by atoms with E-state index in [2.05, 4.69) is 4.90 Å². The molecule has 2 aromatic carbocycles. The van der Waals surface area contributed by atoms with Gasteiger partial charge in [0.2, 0.25) is 10.0 Å². The molecule has 1 heterocycles. The van der Waals surface area contributed by atoms with Crippen LogP contribution >= 0.6 is 0 Å². The van der Waals surface area contributed by atoms with Gasteiger partial charge in [0, 0.05) is 38.1 Å². The molecular weight excluding hydrogens is 388 g/mol. The van der Waals surface area contributed by atoms with Gasteiger partial charge >= 0.3 is 0 Å². The smallest absolute Gasteiger partial charge is 0.236 e. The van der Waals surface area contributed by atoms with Gasteiger partial charge in [0.05, 0.1) is 14.2 Å². The van der Waals surface area contributed by atoms with E-state index in [0.717, 1.165) is 29.0 Å². The number of piperazine rings is 1. The number of benzene rings is 2. The van der Waals surface area contributed by atoms with Crippen LogP contribution in [-0.4, -0.2) is 58.0 Å². The fraction of sp³-hybridized carbons (Fsp3) is 0.364. The van der Waals surface area contributed by atoms with Gasteiger partial charge in [-0.1, -0.05) is 30.3 Å². The van der Waals surface area contributed by atoms with Crippen LogP contribution in [0.4, 0.5) is 0 Å². The molecule has 0 spiro atoms. The number of aryl methyl sites for hydroxylation is 1. The van der Waals surface area contributed by atoms with Crippen molar-refractivity contribution in [1.82, 2.24) is 9.21 Å². The highest BCUT2D eigenvalue weighted by Gasteiger charge is 2.25. The summed E-state index contributed by atoms with van der Waals surface area (Å²) in [7, 11) is -0.160. The molecule has 3 rings (SSSR count). The first-order chi connectivity index (χ1) is 13.9. The summed E-state index contributed by atoms with van der Waals surface area (Å²) in [4.78, 5) is 2.27. The molecule has 1 fully saturated rings. The molecule has 1 aliphatic rings. The average molecular weight is 417 g/mol. The molecule has 0 saturated carbocycles. The zero-order valence-electron chi connectivity index (χ0n) is 17.2. The summed E-state index contributed by atoms with van der Waals surface area (Å²) in [5.41, 5.74) is 3.16. The van der Waals surface area contributed by atoms with Crippen LogP contribution in [0.2, 0.25) is 0 Å². The molecule has 0 aromatic heterocycles. The van der Waals surface area contributed by atoms with Crippen LogP contribution in [0.15, 0.2) is 47.9 Å². The highest BCUT2D eigenvalue weighted by atomic mass is 32.2. The zero-order chi connectivity index (χ0) is 20.9. The van der Waals surface area contributed by atoms with Crippen molar-refractivity contribution in [2.45, 2.75) is 13.5 Å². The Balaban J connectivity index is 1.61. The number of hydrogen-bond donors (Lipinski definition) is 0. The largest absolute Gasteiger partial charge is 0.493 e. The minimum absolute atomic E-state index is 0.480. The summed E-state index contributed by atoms with van der Waals surface area (Å²) in [6.45, 7) is 5.13. The quantitative estimate of drug-likeness (QED) is 0.694. The van der Waals surface area contributed by atoms with Crippen LogP contribution in [0, 0.1) is 6.92 Å². The van der Waals surface area contributed by atoms with E-state index in [1.54, 1.807) is 24.6 Å². The first-order valence-electron chi connectivity index (χ1n) is 9.60. The van der Waals surface area contributed by atoms with Gasteiger partial charge in [-0.2, -0.15) is 4.31 Å². The SMILES string of the molecule is COc1cc(C)c(CN2CCN(S(=O)(=O)/C=C/c3ccccc3)CC2)cc1OC. The van der Waals surface area contributed by atoms with Crippen molar-refractivity contribution in [1.29, 1.82) is 0 Å². The van der Waals surface area contributed by atoms with Crippen LogP contribution < -0.4 is 9.47 Å². The van der Waals surface area contributed by atoms with E-state index < -0.39 is 10.0 Å². The van der Waals surface area contributed by atoms with Gasteiger partial charge in [-0.15, -0.1) is 0 Å². The first kappa shape index (κ1) is 21.4. The molecule has 1 aliphatic heterocycles. The molecular formula is C22H28N2O4S. The van der Waals surface area contributed by atoms with Crippen molar-refractivity contribution in [3.8, 4) is 11.5 Å². The number of methoxy groups -OCH3 is 2. The predicted molar refractivity (Wildman–Crippen MR) is 116 cm³/mol. The summed E-state index contributed by atoms with van der Waals surface area (Å²) in [5, 5.41) is 1.30. The maximum Gasteiger partial charge on any atom is 0.236 e. The van der Waals surface area contributed by atoms with Crippen LogP contribution in [0.3, 0.4) is 0 Å². The molecule has 0 radical (unpaired) electrons. The molecule has 0 amide bonds. The van der Waals surface area contributed by atoms with Crippen molar-refractivity contribution >= 4 is 16.1 Å². The lowest BCUT2D eigenvalue weighted by molar-refractivity contribution is 0.182. The first-order valence-corrected chi connectivity index (χ1v) is 11.1. The lowest BCUT2D eigenvalue weighted by atomic mass is 10.1. The van der Waals surface area contributed by atoms with Gasteiger partial charge in [0.15, 0.2) is 11.5 Å². The highest BCUT2D eigenvalue weighted by Crippen LogP contribution is 2.31. The number of hydrogen-bond acceptors (Lipinski definition) is 5. The summed E-state index contributed by atoms with van der Waals surface area (Å²) in [6, 6.07) is 13.4. The normalized spacial score (nSPS) is 16.2. The molecule has 7 heteroatoms. The molecule has 156 valence electrons. The van der Waals surface area contributed by atoms with E-state index in [9.17, 15) is 8.42 Å². The summed E-state index contributed by atoms with van der Waals surface area (Å²) in [5.74, 6) is 1.43. The van der Waals surface area contributed by atoms with E-state index >= 15 is 0 Å². The molecule has 0 unspecified atom stereocenters. The number of sulfonamides is 1. The van der Waals surface area contributed by atoms with Crippen molar-refractivity contribution in [3.05, 3.63) is 64.6 Å². The second-order valence-corrected chi connectivity index (χ2v) is 8.89. The standard InChI is InChI=1S/C22H28N2O4S/c1-18-15-21(27-2)22(28-3)16-20(18)17-23-10-12-24(13-11-23)29(25,26)14-9-19-7-5-4-6-8-19/h4-9,14-16H,10-13,17H2,1-3H3/b14-9+. The van der Waals surface area contributed by atoms with Crippen LogP contribution in [0.1, 0.15) is 16.7 Å². The molecule has 0 N–H and O–H groups in total. The lowest BCUT2D eigenvalue weighted by Gasteiger charge is -2.33. The molecule has 29 heavy (non-hydrogen) atoms. The van der Waals surface area contributed by atoms with E-state index in [4.69, 9.17) is 9.47 Å². The van der Waals surface area contributed by atoms with Gasteiger partial charge in [-0.3, -0.25) is 4.90 Å². The third-order valence-electron chi connectivity index (χ3n) is 5.16. The van der Waals surface area contributed by atoms with Crippen LogP contribution in [-0.2, 0) is 16.6 Å². The Morgan fingerprint density at radius 2 is 1.59 bits per heavy atom. The Bertz CT molecular complexity index is 950. The van der Waals surface area contributed by atoms with E-state index in [1.807, 2.05) is 49.4 Å². The fourth-order valence-electron chi connectivity index (χ4n) is 3.39. The van der Waals surface area contributed by atoms with Crippen molar-refractivity contribution in [2.75, 3.05) is 40.4 Å². The van der Waals surface area contributed by atoms with Gasteiger partial charge in [0.1, 0.15) is 0 Å². The Morgan fingerprint density at radius 3 is 2.21 bits per heavy atom. The molecule has 1 saturated heterocycles. The summed E-state index contributed by atoms with van der Waals surface area (Å²) < 4.78 is 37.5. The topological polar surface area (TPSA) is 59.1 Å². The number of nitrogens with zero attached hydrogens (tertiary/aromatic N) is 2. The maximum atomic E-state index is 12.6. The minimum atomic E-state index is -3.42. The Hall–Kier alpha value is -2.35. The van der Waals surface area contributed by atoms with Gasteiger partial charge in [-0.05, 0) is 41.8 Å². The molecule has 0 bridgehead atoms. The summed E-state index contributed by atoms with van der Waals surface area (Å²) in [6.07, 6.45) is 1.65. The van der Waals surface area contributed by atoms with Crippen molar-refractivity contribution in [2.24, 2.45) is 0 Å². The zero-order valence-corrected chi connectivity index (χ0v) is 18.0. The Kier molecular flexibility index (Phi) is 6.95. The number of rotatable bonds is 7. The minimum Gasteiger partial charge on any atom is -0.493 e. The third-order valence-corrected chi connectivity index (χ3v) is 6.72. The number of ether oxygens (including phenoxy) is 2. The Labute approximate surface area is 173 Å².